The Morgan fingerprint density at radius 2 is 1.50 bits per heavy atom. The summed E-state index contributed by atoms with van der Waals surface area (Å²) < 4.78 is 5.67. The lowest BCUT2D eigenvalue weighted by atomic mass is 10.3. The third kappa shape index (κ3) is 4.17. The molecule has 1 fully saturated rings. The van der Waals surface area contributed by atoms with Crippen molar-refractivity contribution in [2.45, 2.75) is 13.3 Å². The van der Waals surface area contributed by atoms with Crippen LogP contribution in [0.5, 0.6) is 11.5 Å². The molecule has 1 saturated heterocycles. The van der Waals surface area contributed by atoms with Gasteiger partial charge in [0.15, 0.2) is 0 Å². The summed E-state index contributed by atoms with van der Waals surface area (Å²) in [5.74, 6) is -1.19. The second-order valence-corrected chi connectivity index (χ2v) is 6.12. The number of hydrogen-bond acceptors (Lipinski definition) is 5. The molecule has 1 N–H and O–H groups in total. The van der Waals surface area contributed by atoms with Crippen molar-refractivity contribution in [3.05, 3.63) is 54.6 Å². The molecular formula is C20H19N3O5. The number of para-hydroxylation sites is 1. The van der Waals surface area contributed by atoms with Crippen molar-refractivity contribution in [1.82, 2.24) is 9.80 Å². The molecule has 3 rings (SSSR count). The molecule has 0 saturated carbocycles. The Balaban J connectivity index is 1.58. The molecule has 0 bridgehead atoms. The smallest absolute Gasteiger partial charge is 0.334 e. The number of carbonyl (C=O) groups is 4. The van der Waals surface area contributed by atoms with Crippen LogP contribution in [-0.2, 0) is 14.4 Å². The van der Waals surface area contributed by atoms with Gasteiger partial charge in [0.1, 0.15) is 18.0 Å². The van der Waals surface area contributed by atoms with Gasteiger partial charge in [-0.2, -0.15) is 0 Å². The SMILES string of the molecule is CCCN1C(=O)C(=O)N(CC(=O)Nc2ccc(Oc3ccccc3)cc2)C1=O. The van der Waals surface area contributed by atoms with Gasteiger partial charge in [0.05, 0.1) is 0 Å². The maximum absolute atomic E-state index is 12.2. The van der Waals surface area contributed by atoms with Gasteiger partial charge in [-0.05, 0) is 42.8 Å². The molecule has 1 heterocycles. The van der Waals surface area contributed by atoms with Gasteiger partial charge < -0.3 is 10.1 Å². The van der Waals surface area contributed by atoms with Crippen molar-refractivity contribution in [3.63, 3.8) is 0 Å². The summed E-state index contributed by atoms with van der Waals surface area (Å²) >= 11 is 0. The summed E-state index contributed by atoms with van der Waals surface area (Å²) in [7, 11) is 0. The molecule has 1 aliphatic heterocycles. The predicted molar refractivity (Wildman–Crippen MR) is 101 cm³/mol. The zero-order valence-corrected chi connectivity index (χ0v) is 15.3. The molecule has 0 radical (unpaired) electrons. The summed E-state index contributed by atoms with van der Waals surface area (Å²) in [5.41, 5.74) is 0.473. The van der Waals surface area contributed by atoms with Gasteiger partial charge in [0, 0.05) is 12.2 Å². The maximum atomic E-state index is 12.2. The average molecular weight is 381 g/mol. The second kappa shape index (κ2) is 8.34. The van der Waals surface area contributed by atoms with Gasteiger partial charge in [-0.15, -0.1) is 0 Å². The number of imide groups is 2. The highest BCUT2D eigenvalue weighted by Gasteiger charge is 2.44. The minimum absolute atomic E-state index is 0.143. The molecule has 1 aliphatic rings. The van der Waals surface area contributed by atoms with Crippen LogP contribution >= 0.6 is 0 Å². The Kier molecular flexibility index (Phi) is 5.69. The summed E-state index contributed by atoms with van der Waals surface area (Å²) in [6, 6.07) is 15.1. The number of carbonyl (C=O) groups excluding carboxylic acids is 4. The number of hydrogen-bond donors (Lipinski definition) is 1. The summed E-state index contributed by atoms with van der Waals surface area (Å²) in [5, 5.41) is 2.59. The molecule has 8 nitrogen and oxygen atoms in total. The number of amides is 5. The molecule has 0 atom stereocenters. The fourth-order valence-corrected chi connectivity index (χ4v) is 2.69. The van der Waals surface area contributed by atoms with E-state index in [1.807, 2.05) is 30.3 Å². The van der Waals surface area contributed by atoms with Crippen LogP contribution in [0.1, 0.15) is 13.3 Å². The first kappa shape index (κ1) is 19.1. The van der Waals surface area contributed by atoms with Crippen LogP contribution in [-0.4, -0.2) is 46.6 Å². The fourth-order valence-electron chi connectivity index (χ4n) is 2.69. The quantitative estimate of drug-likeness (QED) is 0.587. The Bertz CT molecular complexity index is 896. The average Bonchev–Trinajstić information content (AvgIpc) is 2.89. The largest absolute Gasteiger partial charge is 0.457 e. The summed E-state index contributed by atoms with van der Waals surface area (Å²) in [6.45, 7) is 1.40. The number of ether oxygens (including phenoxy) is 1. The number of rotatable bonds is 7. The van der Waals surface area contributed by atoms with E-state index in [2.05, 4.69) is 5.32 Å². The highest BCUT2D eigenvalue weighted by molar-refractivity contribution is 6.45. The number of urea groups is 1. The molecule has 0 aromatic heterocycles. The molecule has 0 spiro atoms. The van der Waals surface area contributed by atoms with Gasteiger partial charge >= 0.3 is 17.8 Å². The third-order valence-electron chi connectivity index (χ3n) is 4.00. The van der Waals surface area contributed by atoms with Crippen molar-refractivity contribution in [3.8, 4) is 11.5 Å². The van der Waals surface area contributed by atoms with E-state index >= 15 is 0 Å². The monoisotopic (exact) mass is 381 g/mol. The lowest BCUT2D eigenvalue weighted by molar-refractivity contribution is -0.143. The Morgan fingerprint density at radius 3 is 2.14 bits per heavy atom. The lowest BCUT2D eigenvalue weighted by Gasteiger charge is -2.14. The molecule has 2 aromatic carbocycles. The van der Waals surface area contributed by atoms with E-state index in [-0.39, 0.29) is 6.54 Å². The van der Waals surface area contributed by atoms with Crippen LogP contribution < -0.4 is 10.1 Å². The van der Waals surface area contributed by atoms with E-state index in [9.17, 15) is 19.2 Å². The van der Waals surface area contributed by atoms with Crippen LogP contribution in [0.25, 0.3) is 0 Å². The Hall–Kier alpha value is -3.68. The molecule has 8 heteroatoms. The van der Waals surface area contributed by atoms with E-state index in [0.717, 1.165) is 4.90 Å². The predicted octanol–water partition coefficient (Wildman–Crippen LogP) is 2.62. The van der Waals surface area contributed by atoms with Gasteiger partial charge in [-0.3, -0.25) is 19.3 Å². The van der Waals surface area contributed by atoms with E-state index in [1.165, 1.54) is 0 Å². The van der Waals surface area contributed by atoms with Crippen molar-refractivity contribution >= 4 is 29.4 Å². The number of nitrogens with one attached hydrogen (secondary N) is 1. The second-order valence-electron chi connectivity index (χ2n) is 6.12. The maximum Gasteiger partial charge on any atom is 0.334 e. The van der Waals surface area contributed by atoms with Crippen LogP contribution in [0.3, 0.4) is 0 Å². The lowest BCUT2D eigenvalue weighted by Crippen LogP contribution is -2.39. The zero-order valence-electron chi connectivity index (χ0n) is 15.3. The highest BCUT2D eigenvalue weighted by Crippen LogP contribution is 2.22. The van der Waals surface area contributed by atoms with E-state index in [0.29, 0.717) is 28.5 Å². The zero-order chi connectivity index (χ0) is 20.1. The third-order valence-corrected chi connectivity index (χ3v) is 4.00. The standard InChI is InChI=1S/C20H19N3O5/c1-2-12-22-18(25)19(26)23(20(22)27)13-17(24)21-14-8-10-16(11-9-14)28-15-6-4-3-5-7-15/h3-11H,2,12-13H2,1H3,(H,21,24). The normalized spacial score (nSPS) is 13.8. The minimum Gasteiger partial charge on any atom is -0.457 e. The molecule has 28 heavy (non-hydrogen) atoms. The van der Waals surface area contributed by atoms with E-state index in [1.54, 1.807) is 31.2 Å². The van der Waals surface area contributed by atoms with Gasteiger partial charge in [-0.1, -0.05) is 25.1 Å². The van der Waals surface area contributed by atoms with Crippen molar-refractivity contribution in [2.24, 2.45) is 0 Å². The summed E-state index contributed by atoms with van der Waals surface area (Å²) in [4.78, 5) is 49.6. The molecule has 5 amide bonds. The van der Waals surface area contributed by atoms with Crippen LogP contribution in [0.15, 0.2) is 54.6 Å². The van der Waals surface area contributed by atoms with Crippen molar-refractivity contribution in [2.75, 3.05) is 18.4 Å². The van der Waals surface area contributed by atoms with Gasteiger partial charge in [0.25, 0.3) is 0 Å². The van der Waals surface area contributed by atoms with Crippen LogP contribution in [0, 0.1) is 0 Å². The number of anilines is 1. The van der Waals surface area contributed by atoms with Gasteiger partial charge in [-0.25, -0.2) is 9.69 Å². The van der Waals surface area contributed by atoms with Crippen molar-refractivity contribution in [1.29, 1.82) is 0 Å². The van der Waals surface area contributed by atoms with Crippen LogP contribution in [0.4, 0.5) is 10.5 Å². The first-order valence-electron chi connectivity index (χ1n) is 8.79. The molecular weight excluding hydrogens is 362 g/mol. The molecule has 144 valence electrons. The van der Waals surface area contributed by atoms with Crippen LogP contribution in [0.2, 0.25) is 0 Å². The Morgan fingerprint density at radius 1 is 0.893 bits per heavy atom. The van der Waals surface area contributed by atoms with E-state index < -0.39 is 30.3 Å². The van der Waals surface area contributed by atoms with E-state index in [4.69, 9.17) is 4.74 Å². The van der Waals surface area contributed by atoms with Gasteiger partial charge in [0.2, 0.25) is 5.91 Å². The highest BCUT2D eigenvalue weighted by atomic mass is 16.5. The molecule has 0 unspecified atom stereocenters. The minimum atomic E-state index is -0.986. The first-order chi connectivity index (χ1) is 13.5. The van der Waals surface area contributed by atoms with Crippen molar-refractivity contribution < 1.29 is 23.9 Å². The first-order valence-corrected chi connectivity index (χ1v) is 8.79. The topological polar surface area (TPSA) is 96.0 Å². The summed E-state index contributed by atoms with van der Waals surface area (Å²) in [6.07, 6.45) is 0.530. The molecule has 0 aliphatic carbocycles. The number of benzene rings is 2. The Labute approximate surface area is 161 Å². The molecule has 2 aromatic rings. The fraction of sp³-hybridized carbons (Fsp3) is 0.200. The number of nitrogens with zero attached hydrogens (tertiary/aromatic N) is 2.